The molecule has 1 atom stereocenters. The average molecular weight is 538 g/mol. The number of aromatic amines is 1. The topological polar surface area (TPSA) is 124 Å². The molecule has 2 aromatic carbocycles. The quantitative estimate of drug-likeness (QED) is 0.170. The minimum absolute atomic E-state index is 0.113. The Kier molecular flexibility index (Phi) is 7.08. The third-order valence-corrected chi connectivity index (χ3v) is 8.92. The van der Waals surface area contributed by atoms with Gasteiger partial charge in [-0.3, -0.25) is 9.36 Å². The SMILES string of the molecule is CCOP(=O)(OCC)C(Nc1ncc(-c2cc3ccccc3oc2=O)s1)c1cc2ccccc2[nH]c1=O. The van der Waals surface area contributed by atoms with Crippen LogP contribution in [0.25, 0.3) is 32.3 Å². The Morgan fingerprint density at radius 2 is 1.73 bits per heavy atom. The summed E-state index contributed by atoms with van der Waals surface area (Å²) < 4.78 is 30.6. The van der Waals surface area contributed by atoms with Crippen molar-refractivity contribution in [1.29, 1.82) is 0 Å². The number of nitrogens with one attached hydrogen (secondary N) is 2. The number of hydrogen-bond donors (Lipinski definition) is 2. The van der Waals surface area contributed by atoms with Crippen LogP contribution < -0.4 is 16.5 Å². The van der Waals surface area contributed by atoms with Gasteiger partial charge in [-0.15, -0.1) is 0 Å². The van der Waals surface area contributed by atoms with Crippen LogP contribution in [0, 0.1) is 0 Å². The van der Waals surface area contributed by atoms with Gasteiger partial charge in [-0.05, 0) is 43.5 Å². The monoisotopic (exact) mass is 537 g/mol. The second kappa shape index (κ2) is 10.4. The summed E-state index contributed by atoms with van der Waals surface area (Å²) in [5.74, 6) is -1.15. The third kappa shape index (κ3) is 5.01. The number of hydrogen-bond acceptors (Lipinski definition) is 9. The van der Waals surface area contributed by atoms with Crippen LogP contribution in [-0.4, -0.2) is 23.2 Å². The summed E-state index contributed by atoms with van der Waals surface area (Å²) in [4.78, 5) is 33.5. The number of fused-ring (bicyclic) bond motifs is 2. The molecule has 3 aromatic heterocycles. The summed E-state index contributed by atoms with van der Waals surface area (Å²) >= 11 is 1.17. The fourth-order valence-electron chi connectivity index (χ4n) is 4.06. The van der Waals surface area contributed by atoms with Gasteiger partial charge in [0, 0.05) is 17.1 Å². The van der Waals surface area contributed by atoms with Crippen LogP contribution in [0.4, 0.5) is 5.13 Å². The van der Waals surface area contributed by atoms with Gasteiger partial charge in [0.1, 0.15) is 5.58 Å². The van der Waals surface area contributed by atoms with Crippen LogP contribution in [0.1, 0.15) is 25.2 Å². The molecule has 11 heteroatoms. The van der Waals surface area contributed by atoms with Crippen molar-refractivity contribution in [3.63, 3.8) is 0 Å². The van der Waals surface area contributed by atoms with Gasteiger partial charge in [-0.2, -0.15) is 0 Å². The zero-order valence-electron chi connectivity index (χ0n) is 20.1. The number of pyridine rings is 1. The van der Waals surface area contributed by atoms with Crippen molar-refractivity contribution in [2.45, 2.75) is 19.6 Å². The number of para-hydroxylation sites is 2. The van der Waals surface area contributed by atoms with Crippen LogP contribution in [0.3, 0.4) is 0 Å². The average Bonchev–Trinajstić information content (AvgIpc) is 3.35. The minimum Gasteiger partial charge on any atom is -0.422 e. The van der Waals surface area contributed by atoms with E-state index in [1.54, 1.807) is 44.2 Å². The lowest BCUT2D eigenvalue weighted by molar-refractivity contribution is 0.214. The first-order valence-electron chi connectivity index (χ1n) is 11.7. The van der Waals surface area contributed by atoms with Crippen molar-refractivity contribution in [3.8, 4) is 10.4 Å². The van der Waals surface area contributed by atoms with Crippen LogP contribution in [0.5, 0.6) is 0 Å². The largest absolute Gasteiger partial charge is 0.422 e. The molecule has 9 nitrogen and oxygen atoms in total. The molecule has 0 aliphatic rings. The molecule has 0 saturated carbocycles. The Morgan fingerprint density at radius 1 is 1.03 bits per heavy atom. The van der Waals surface area contributed by atoms with E-state index in [-0.39, 0.29) is 18.8 Å². The predicted molar refractivity (Wildman–Crippen MR) is 145 cm³/mol. The van der Waals surface area contributed by atoms with Crippen molar-refractivity contribution in [2.24, 2.45) is 0 Å². The molecule has 5 rings (SSSR count). The van der Waals surface area contributed by atoms with E-state index in [2.05, 4.69) is 15.3 Å². The van der Waals surface area contributed by atoms with E-state index in [0.29, 0.717) is 26.7 Å². The van der Waals surface area contributed by atoms with Gasteiger partial charge in [-0.25, -0.2) is 9.78 Å². The number of nitrogens with zero attached hydrogens (tertiary/aromatic N) is 1. The molecule has 190 valence electrons. The molecule has 0 bridgehead atoms. The summed E-state index contributed by atoms with van der Waals surface area (Å²) in [5.41, 5.74) is 0.753. The molecule has 2 N–H and O–H groups in total. The van der Waals surface area contributed by atoms with Gasteiger partial charge < -0.3 is 23.8 Å². The minimum atomic E-state index is -3.87. The molecule has 3 heterocycles. The van der Waals surface area contributed by atoms with E-state index in [1.807, 2.05) is 30.3 Å². The highest BCUT2D eigenvalue weighted by atomic mass is 32.1. The molecule has 0 aliphatic carbocycles. The first-order chi connectivity index (χ1) is 17.9. The number of benzene rings is 2. The highest BCUT2D eigenvalue weighted by molar-refractivity contribution is 7.54. The van der Waals surface area contributed by atoms with Crippen molar-refractivity contribution < 1.29 is 18.0 Å². The van der Waals surface area contributed by atoms with Gasteiger partial charge >= 0.3 is 13.2 Å². The van der Waals surface area contributed by atoms with Gasteiger partial charge in [0.05, 0.1) is 29.2 Å². The summed E-state index contributed by atoms with van der Waals surface area (Å²) in [7, 11) is -3.87. The van der Waals surface area contributed by atoms with E-state index in [9.17, 15) is 14.2 Å². The first kappa shape index (κ1) is 25.1. The Labute approximate surface area is 215 Å². The molecule has 1 unspecified atom stereocenters. The third-order valence-electron chi connectivity index (χ3n) is 5.68. The number of thiazole rings is 1. The summed E-state index contributed by atoms with van der Waals surface area (Å²) in [6.07, 6.45) is 1.53. The Bertz CT molecular complexity index is 1730. The number of anilines is 1. The molecule has 0 radical (unpaired) electrons. The number of H-pyrrole nitrogens is 1. The van der Waals surface area contributed by atoms with Crippen LogP contribution in [-0.2, 0) is 13.6 Å². The molecular weight excluding hydrogens is 513 g/mol. The number of aromatic nitrogens is 2. The Hall–Kier alpha value is -3.56. The van der Waals surface area contributed by atoms with E-state index < -0.39 is 24.6 Å². The molecule has 5 aromatic rings. The maximum Gasteiger partial charge on any atom is 0.357 e. The molecular formula is C26H24N3O6PS. The molecule has 0 fully saturated rings. The molecule has 0 spiro atoms. The van der Waals surface area contributed by atoms with Gasteiger partial charge in [-0.1, -0.05) is 47.7 Å². The van der Waals surface area contributed by atoms with Crippen LogP contribution >= 0.6 is 18.9 Å². The zero-order valence-corrected chi connectivity index (χ0v) is 21.8. The Balaban J connectivity index is 1.58. The molecule has 0 amide bonds. The smallest absolute Gasteiger partial charge is 0.357 e. The zero-order chi connectivity index (χ0) is 26.0. The van der Waals surface area contributed by atoms with E-state index in [0.717, 1.165) is 10.8 Å². The highest BCUT2D eigenvalue weighted by Crippen LogP contribution is 2.60. The molecule has 0 saturated heterocycles. The number of rotatable bonds is 9. The second-order valence-corrected chi connectivity index (χ2v) is 11.2. The standard InChI is InChI=1S/C26H24N3O6PS/c1-3-33-36(32,34-4-2)24(19-13-16-9-5-7-11-20(16)28-23(19)30)29-26-27-15-22(37-26)18-14-17-10-6-8-12-21(17)35-25(18)31/h5-15,24H,3-4H2,1-2H3,(H,27,29)(H,28,30). The molecule has 0 aliphatic heterocycles. The van der Waals surface area contributed by atoms with Gasteiger partial charge in [0.25, 0.3) is 5.56 Å². The predicted octanol–water partition coefficient (Wildman–Crippen LogP) is 6.13. The summed E-state index contributed by atoms with van der Waals surface area (Å²) in [5, 5.41) is 4.97. The van der Waals surface area contributed by atoms with E-state index in [1.165, 1.54) is 17.5 Å². The van der Waals surface area contributed by atoms with Crippen LogP contribution in [0.15, 0.2) is 80.9 Å². The lowest BCUT2D eigenvalue weighted by Crippen LogP contribution is -2.23. The van der Waals surface area contributed by atoms with E-state index in [4.69, 9.17) is 13.5 Å². The summed E-state index contributed by atoms with van der Waals surface area (Å²) in [6, 6.07) is 17.9. The lowest BCUT2D eigenvalue weighted by Gasteiger charge is -2.26. The highest BCUT2D eigenvalue weighted by Gasteiger charge is 2.39. The Morgan fingerprint density at radius 3 is 2.49 bits per heavy atom. The maximum atomic E-state index is 13.9. The first-order valence-corrected chi connectivity index (χ1v) is 14.1. The maximum absolute atomic E-state index is 13.9. The van der Waals surface area contributed by atoms with Gasteiger partial charge in [0.15, 0.2) is 10.9 Å². The van der Waals surface area contributed by atoms with Crippen molar-refractivity contribution in [1.82, 2.24) is 9.97 Å². The normalized spacial score (nSPS) is 12.7. The van der Waals surface area contributed by atoms with Gasteiger partial charge in [0.2, 0.25) is 0 Å². The summed E-state index contributed by atoms with van der Waals surface area (Å²) in [6.45, 7) is 3.63. The molecule has 37 heavy (non-hydrogen) atoms. The van der Waals surface area contributed by atoms with Crippen molar-refractivity contribution in [2.75, 3.05) is 18.5 Å². The van der Waals surface area contributed by atoms with Crippen molar-refractivity contribution in [3.05, 3.63) is 93.2 Å². The fraction of sp³-hybridized carbons (Fsp3) is 0.192. The van der Waals surface area contributed by atoms with E-state index >= 15 is 0 Å². The second-order valence-electron chi connectivity index (χ2n) is 8.08. The lowest BCUT2D eigenvalue weighted by atomic mass is 10.1. The van der Waals surface area contributed by atoms with Crippen molar-refractivity contribution >= 4 is 45.9 Å². The fourth-order valence-corrected chi connectivity index (χ4v) is 6.90. The van der Waals surface area contributed by atoms with Crippen LogP contribution in [0.2, 0.25) is 0 Å².